The van der Waals surface area contributed by atoms with Crippen molar-refractivity contribution in [2.75, 3.05) is 26.2 Å². The Morgan fingerprint density at radius 1 is 1.00 bits per heavy atom. The summed E-state index contributed by atoms with van der Waals surface area (Å²) < 4.78 is 0. The van der Waals surface area contributed by atoms with Crippen LogP contribution in [0.2, 0.25) is 0 Å². The third kappa shape index (κ3) is 4.05. The third-order valence-electron chi connectivity index (χ3n) is 8.03. The van der Waals surface area contributed by atoms with E-state index in [0.29, 0.717) is 31.5 Å². The molecular weight excluding hydrogens is 386 g/mol. The van der Waals surface area contributed by atoms with E-state index in [1.165, 1.54) is 30.4 Å². The molecule has 31 heavy (non-hydrogen) atoms. The van der Waals surface area contributed by atoms with Crippen LogP contribution in [0, 0.1) is 5.41 Å². The number of hydrogen-bond donors (Lipinski definition) is 1. The lowest BCUT2D eigenvalue weighted by Gasteiger charge is -2.41. The summed E-state index contributed by atoms with van der Waals surface area (Å²) >= 11 is 0. The second kappa shape index (κ2) is 8.78. The number of nitrogens with one attached hydrogen (secondary N) is 1. The highest BCUT2D eigenvalue weighted by Crippen LogP contribution is 2.42. The van der Waals surface area contributed by atoms with Gasteiger partial charge in [-0.1, -0.05) is 55.7 Å². The van der Waals surface area contributed by atoms with Crippen molar-refractivity contribution in [1.82, 2.24) is 15.1 Å². The molecule has 3 aliphatic heterocycles. The van der Waals surface area contributed by atoms with Gasteiger partial charge < -0.3 is 15.1 Å². The molecule has 0 aromatic heterocycles. The molecule has 1 N–H and O–H groups in total. The van der Waals surface area contributed by atoms with E-state index in [-0.39, 0.29) is 17.4 Å². The molecule has 1 spiro atoms. The predicted molar refractivity (Wildman–Crippen MR) is 122 cm³/mol. The van der Waals surface area contributed by atoms with E-state index in [0.717, 1.165) is 45.2 Å². The topological polar surface area (TPSA) is 52.7 Å². The molecule has 2 atom stereocenters. The van der Waals surface area contributed by atoms with Gasteiger partial charge in [0, 0.05) is 32.2 Å². The first-order chi connectivity index (χ1) is 15.2. The number of amides is 2. The summed E-state index contributed by atoms with van der Waals surface area (Å²) in [6, 6.07) is 10.6. The van der Waals surface area contributed by atoms with Crippen molar-refractivity contribution in [2.45, 2.75) is 69.9 Å². The zero-order chi connectivity index (χ0) is 21.3. The quantitative estimate of drug-likeness (QED) is 0.811. The zero-order valence-corrected chi connectivity index (χ0v) is 18.5. The van der Waals surface area contributed by atoms with Crippen LogP contribution in [0.15, 0.2) is 36.4 Å². The van der Waals surface area contributed by atoms with E-state index in [9.17, 15) is 9.59 Å². The Bertz CT molecular complexity index is 845. The first-order valence-corrected chi connectivity index (χ1v) is 12.2. The maximum absolute atomic E-state index is 13.5. The zero-order valence-electron chi connectivity index (χ0n) is 18.5. The summed E-state index contributed by atoms with van der Waals surface area (Å²) in [6.45, 7) is 2.98. The number of carbonyl (C=O) groups excluding carboxylic acids is 2. The van der Waals surface area contributed by atoms with Gasteiger partial charge in [-0.3, -0.25) is 9.59 Å². The van der Waals surface area contributed by atoms with Gasteiger partial charge in [-0.15, -0.1) is 0 Å². The molecule has 0 radical (unpaired) electrons. The molecule has 1 aliphatic carbocycles. The minimum Gasteiger partial charge on any atom is -0.340 e. The van der Waals surface area contributed by atoms with E-state index >= 15 is 0 Å². The Hall–Kier alpha value is -2.14. The first kappa shape index (κ1) is 20.7. The lowest BCUT2D eigenvalue weighted by Crippen LogP contribution is -2.55. The van der Waals surface area contributed by atoms with E-state index < -0.39 is 0 Å². The second-order valence-electron chi connectivity index (χ2n) is 9.94. The van der Waals surface area contributed by atoms with Crippen molar-refractivity contribution in [3.05, 3.63) is 42.0 Å². The molecule has 2 saturated heterocycles. The predicted octanol–water partition coefficient (Wildman–Crippen LogP) is 3.61. The first-order valence-electron chi connectivity index (χ1n) is 12.2. The van der Waals surface area contributed by atoms with Crippen LogP contribution >= 0.6 is 0 Å². The van der Waals surface area contributed by atoms with Gasteiger partial charge in [0.05, 0.1) is 11.5 Å². The summed E-state index contributed by atoms with van der Waals surface area (Å²) in [5, 5.41) is 3.40. The number of piperidine rings is 1. The fourth-order valence-electron chi connectivity index (χ4n) is 6.27. The SMILES string of the molecule is O=C(C1CC(c2ccccc2)=CCN1)N1CCCC2(CCN(C3CCCCC3)C2=O)C1. The fourth-order valence-corrected chi connectivity index (χ4v) is 6.27. The van der Waals surface area contributed by atoms with Crippen molar-refractivity contribution in [3.8, 4) is 0 Å². The molecule has 1 aromatic carbocycles. The molecule has 3 fully saturated rings. The van der Waals surface area contributed by atoms with E-state index in [1.54, 1.807) is 0 Å². The highest BCUT2D eigenvalue weighted by Gasteiger charge is 2.51. The monoisotopic (exact) mass is 421 g/mol. The molecule has 1 saturated carbocycles. The van der Waals surface area contributed by atoms with Crippen molar-refractivity contribution >= 4 is 17.4 Å². The van der Waals surface area contributed by atoms with E-state index in [1.807, 2.05) is 23.1 Å². The van der Waals surface area contributed by atoms with Crippen molar-refractivity contribution in [3.63, 3.8) is 0 Å². The molecule has 5 heteroatoms. The summed E-state index contributed by atoms with van der Waals surface area (Å²) in [5.74, 6) is 0.503. The summed E-state index contributed by atoms with van der Waals surface area (Å²) in [7, 11) is 0. The Morgan fingerprint density at radius 2 is 1.81 bits per heavy atom. The number of hydrogen-bond acceptors (Lipinski definition) is 3. The number of likely N-dealkylation sites (tertiary alicyclic amines) is 2. The van der Waals surface area contributed by atoms with Gasteiger partial charge in [0.2, 0.25) is 11.8 Å². The molecule has 2 unspecified atom stereocenters. The Labute approximate surface area is 185 Å². The average molecular weight is 422 g/mol. The largest absolute Gasteiger partial charge is 0.340 e. The normalized spacial score (nSPS) is 30.0. The Morgan fingerprint density at radius 3 is 2.61 bits per heavy atom. The molecule has 4 aliphatic rings. The van der Waals surface area contributed by atoms with Crippen LogP contribution in [0.1, 0.15) is 63.4 Å². The average Bonchev–Trinajstić information content (AvgIpc) is 3.15. The van der Waals surface area contributed by atoms with Gasteiger partial charge >= 0.3 is 0 Å². The molecule has 166 valence electrons. The highest BCUT2D eigenvalue weighted by molar-refractivity contribution is 5.89. The number of benzene rings is 1. The number of rotatable bonds is 3. The summed E-state index contributed by atoms with van der Waals surface area (Å²) in [6.07, 6.45) is 11.8. The van der Waals surface area contributed by atoms with Gasteiger partial charge in [0.15, 0.2) is 0 Å². The van der Waals surface area contributed by atoms with Crippen LogP contribution in [0.3, 0.4) is 0 Å². The number of nitrogens with zero attached hydrogens (tertiary/aromatic N) is 2. The smallest absolute Gasteiger partial charge is 0.240 e. The van der Waals surface area contributed by atoms with Crippen molar-refractivity contribution in [1.29, 1.82) is 0 Å². The van der Waals surface area contributed by atoms with Crippen LogP contribution in [0.4, 0.5) is 0 Å². The van der Waals surface area contributed by atoms with Crippen LogP contribution in [-0.2, 0) is 9.59 Å². The van der Waals surface area contributed by atoms with Crippen LogP contribution < -0.4 is 5.32 Å². The van der Waals surface area contributed by atoms with E-state index in [4.69, 9.17) is 0 Å². The Kier molecular flexibility index (Phi) is 5.87. The lowest BCUT2D eigenvalue weighted by atomic mass is 9.78. The maximum Gasteiger partial charge on any atom is 0.240 e. The number of carbonyl (C=O) groups is 2. The molecule has 3 heterocycles. The second-order valence-corrected chi connectivity index (χ2v) is 9.94. The third-order valence-corrected chi connectivity index (χ3v) is 8.03. The van der Waals surface area contributed by atoms with Gasteiger partial charge in [-0.05, 0) is 49.7 Å². The van der Waals surface area contributed by atoms with Crippen LogP contribution in [0.5, 0.6) is 0 Å². The van der Waals surface area contributed by atoms with Crippen molar-refractivity contribution in [2.24, 2.45) is 5.41 Å². The summed E-state index contributed by atoms with van der Waals surface area (Å²) in [5.41, 5.74) is 2.11. The molecule has 0 bridgehead atoms. The summed E-state index contributed by atoms with van der Waals surface area (Å²) in [4.78, 5) is 31.2. The molecule has 2 amide bonds. The molecule has 5 rings (SSSR count). The lowest BCUT2D eigenvalue weighted by molar-refractivity contribution is -0.145. The molecule has 1 aromatic rings. The Balaban J connectivity index is 1.26. The van der Waals surface area contributed by atoms with Crippen LogP contribution in [-0.4, -0.2) is 59.9 Å². The van der Waals surface area contributed by atoms with Gasteiger partial charge in [0.25, 0.3) is 0 Å². The molecular formula is C26H35N3O2. The van der Waals surface area contributed by atoms with Crippen LogP contribution in [0.25, 0.3) is 5.57 Å². The highest BCUT2D eigenvalue weighted by atomic mass is 16.2. The van der Waals surface area contributed by atoms with Gasteiger partial charge in [0.1, 0.15) is 0 Å². The fraction of sp³-hybridized carbons (Fsp3) is 0.615. The minimum absolute atomic E-state index is 0.171. The standard InChI is InChI=1S/C26H35N3O2/c30-24(23-18-21(12-15-27-23)20-8-3-1-4-9-20)28-16-7-13-26(19-28)14-17-29(25(26)31)22-10-5-2-6-11-22/h1,3-4,8-9,12,22-23,27H,2,5-7,10-11,13-19H2. The molecule has 5 nitrogen and oxygen atoms in total. The maximum atomic E-state index is 13.5. The van der Waals surface area contributed by atoms with Crippen molar-refractivity contribution < 1.29 is 9.59 Å². The van der Waals surface area contributed by atoms with Gasteiger partial charge in [-0.2, -0.15) is 0 Å². The van der Waals surface area contributed by atoms with E-state index in [2.05, 4.69) is 28.4 Å². The minimum atomic E-state index is -0.335. The van der Waals surface area contributed by atoms with Gasteiger partial charge in [-0.25, -0.2) is 0 Å².